The Balaban J connectivity index is 2.90. The van der Waals surface area contributed by atoms with E-state index in [0.29, 0.717) is 10.7 Å². The molecule has 0 aliphatic carbocycles. The van der Waals surface area contributed by atoms with Crippen molar-refractivity contribution in [2.24, 2.45) is 11.3 Å². The number of anilines is 1. The lowest BCUT2D eigenvalue weighted by Crippen LogP contribution is -2.46. The van der Waals surface area contributed by atoms with E-state index in [1.807, 2.05) is 13.8 Å². The summed E-state index contributed by atoms with van der Waals surface area (Å²) in [6, 6.07) is 6.87. The minimum absolute atomic E-state index is 0.0277. The highest BCUT2D eigenvalue weighted by Gasteiger charge is 2.41. The first-order chi connectivity index (χ1) is 9.64. The Kier molecular flexibility index (Phi) is 5.78. The van der Waals surface area contributed by atoms with E-state index in [1.165, 1.54) is 6.92 Å². The quantitative estimate of drug-likeness (QED) is 0.839. The van der Waals surface area contributed by atoms with Crippen LogP contribution in [0.4, 0.5) is 5.69 Å². The highest BCUT2D eigenvalue weighted by atomic mass is 35.5. The molecule has 0 spiro atoms. The van der Waals surface area contributed by atoms with E-state index in [2.05, 4.69) is 5.32 Å². The number of nitrogens with one attached hydrogen (secondary N) is 1. The molecule has 1 aromatic rings. The van der Waals surface area contributed by atoms with Crippen LogP contribution in [0.5, 0.6) is 0 Å². The van der Waals surface area contributed by atoms with Crippen LogP contribution in [-0.2, 0) is 14.3 Å². The fourth-order valence-electron chi connectivity index (χ4n) is 2.25. The number of rotatable bonds is 5. The maximum absolute atomic E-state index is 12.5. The van der Waals surface area contributed by atoms with Crippen molar-refractivity contribution in [3.63, 3.8) is 0 Å². The van der Waals surface area contributed by atoms with Crippen LogP contribution in [0.2, 0.25) is 5.02 Å². The van der Waals surface area contributed by atoms with Crippen molar-refractivity contribution in [1.29, 1.82) is 0 Å². The topological polar surface area (TPSA) is 55.4 Å². The molecule has 1 unspecified atom stereocenters. The maximum atomic E-state index is 12.5. The molecule has 1 atom stereocenters. The summed E-state index contributed by atoms with van der Waals surface area (Å²) in [5.74, 6) is -0.564. The van der Waals surface area contributed by atoms with Gasteiger partial charge in [0.1, 0.15) is 6.10 Å². The lowest BCUT2D eigenvalue weighted by atomic mass is 9.79. The molecular weight excluding hydrogens is 290 g/mol. The lowest BCUT2D eigenvalue weighted by Gasteiger charge is -2.34. The lowest BCUT2D eigenvalue weighted by molar-refractivity contribution is -0.159. The summed E-state index contributed by atoms with van der Waals surface area (Å²) in [5, 5.41) is 3.43. The van der Waals surface area contributed by atoms with E-state index in [4.69, 9.17) is 16.3 Å². The molecule has 4 nitrogen and oxygen atoms in total. The molecule has 0 fully saturated rings. The van der Waals surface area contributed by atoms with Crippen LogP contribution in [0.25, 0.3) is 0 Å². The molecule has 1 amide bonds. The van der Waals surface area contributed by atoms with Gasteiger partial charge in [-0.2, -0.15) is 0 Å². The fraction of sp³-hybridized carbons (Fsp3) is 0.500. The summed E-state index contributed by atoms with van der Waals surface area (Å²) < 4.78 is 5.33. The molecular formula is C16H22ClNO3. The van der Waals surface area contributed by atoms with Crippen molar-refractivity contribution in [3.8, 4) is 0 Å². The van der Waals surface area contributed by atoms with E-state index < -0.39 is 11.5 Å². The molecule has 0 saturated carbocycles. The van der Waals surface area contributed by atoms with Gasteiger partial charge in [-0.15, -0.1) is 0 Å². The van der Waals surface area contributed by atoms with E-state index in [0.717, 1.165) is 0 Å². The van der Waals surface area contributed by atoms with Crippen molar-refractivity contribution in [2.75, 3.05) is 5.32 Å². The summed E-state index contributed by atoms with van der Waals surface area (Å²) in [6.07, 6.45) is -0.498. The Hall–Kier alpha value is -1.55. The smallest absolute Gasteiger partial charge is 0.302 e. The van der Waals surface area contributed by atoms with Crippen LogP contribution in [-0.4, -0.2) is 18.0 Å². The summed E-state index contributed by atoms with van der Waals surface area (Å²) in [7, 11) is 0. The summed E-state index contributed by atoms with van der Waals surface area (Å²) in [5.41, 5.74) is -0.192. The second-order valence-corrected chi connectivity index (χ2v) is 6.39. The maximum Gasteiger partial charge on any atom is 0.302 e. The minimum atomic E-state index is -0.848. The number of halogens is 1. The zero-order valence-electron chi connectivity index (χ0n) is 13.1. The number of carbonyl (C=O) groups is 2. The second-order valence-electron chi connectivity index (χ2n) is 5.96. The number of ether oxygens (including phenoxy) is 1. The Morgan fingerprint density at radius 3 is 2.14 bits per heavy atom. The molecule has 0 aliphatic heterocycles. The average Bonchev–Trinajstić information content (AvgIpc) is 2.37. The number of carbonyl (C=O) groups excluding carboxylic acids is 2. The Labute approximate surface area is 130 Å². The van der Waals surface area contributed by atoms with Gasteiger partial charge in [-0.25, -0.2) is 0 Å². The molecule has 5 heteroatoms. The zero-order valence-corrected chi connectivity index (χ0v) is 13.8. The van der Waals surface area contributed by atoms with E-state index in [9.17, 15) is 9.59 Å². The van der Waals surface area contributed by atoms with Gasteiger partial charge in [0.05, 0.1) is 5.41 Å². The first-order valence-electron chi connectivity index (χ1n) is 6.89. The largest absolute Gasteiger partial charge is 0.461 e. The standard InChI is InChI=1S/C16H22ClNO3/c1-10(2)14(21-11(3)19)16(4,5)15(20)18-13-8-6-12(17)7-9-13/h6-10,14H,1-5H3,(H,18,20). The van der Waals surface area contributed by atoms with Crippen molar-refractivity contribution in [2.45, 2.75) is 40.7 Å². The Morgan fingerprint density at radius 1 is 1.19 bits per heavy atom. The van der Waals surface area contributed by atoms with Gasteiger partial charge in [-0.05, 0) is 44.0 Å². The van der Waals surface area contributed by atoms with Crippen molar-refractivity contribution < 1.29 is 14.3 Å². The molecule has 21 heavy (non-hydrogen) atoms. The SMILES string of the molecule is CC(=O)OC(C(C)C)C(C)(C)C(=O)Nc1ccc(Cl)cc1. The predicted octanol–water partition coefficient (Wildman–Crippen LogP) is 3.89. The second kappa shape index (κ2) is 6.94. The molecule has 0 saturated heterocycles. The third-order valence-corrected chi connectivity index (χ3v) is 3.55. The van der Waals surface area contributed by atoms with E-state index >= 15 is 0 Å². The third kappa shape index (κ3) is 4.74. The Morgan fingerprint density at radius 2 is 1.71 bits per heavy atom. The number of amides is 1. The third-order valence-electron chi connectivity index (χ3n) is 3.30. The normalized spacial score (nSPS) is 12.9. The predicted molar refractivity (Wildman–Crippen MR) is 84.3 cm³/mol. The Bertz CT molecular complexity index is 509. The van der Waals surface area contributed by atoms with Gasteiger partial charge in [0.2, 0.25) is 5.91 Å². The molecule has 0 heterocycles. The minimum Gasteiger partial charge on any atom is -0.461 e. The van der Waals surface area contributed by atoms with Gasteiger partial charge < -0.3 is 10.1 Å². The van der Waals surface area contributed by atoms with E-state index in [1.54, 1.807) is 38.1 Å². The van der Waals surface area contributed by atoms with Gasteiger partial charge in [0.15, 0.2) is 0 Å². The molecule has 0 bridgehead atoms. The highest BCUT2D eigenvalue weighted by Crippen LogP contribution is 2.31. The summed E-state index contributed by atoms with van der Waals surface area (Å²) in [6.45, 7) is 8.73. The first-order valence-corrected chi connectivity index (χ1v) is 7.26. The number of hydrogen-bond acceptors (Lipinski definition) is 3. The molecule has 1 N–H and O–H groups in total. The van der Waals surface area contributed by atoms with Crippen LogP contribution in [0.1, 0.15) is 34.6 Å². The molecule has 0 aliphatic rings. The van der Waals surface area contributed by atoms with Gasteiger partial charge in [-0.1, -0.05) is 25.4 Å². The van der Waals surface area contributed by atoms with Gasteiger partial charge in [-0.3, -0.25) is 9.59 Å². The van der Waals surface area contributed by atoms with Crippen molar-refractivity contribution in [1.82, 2.24) is 0 Å². The molecule has 1 rings (SSSR count). The van der Waals surface area contributed by atoms with Crippen molar-refractivity contribution >= 4 is 29.2 Å². The monoisotopic (exact) mass is 311 g/mol. The first kappa shape index (κ1) is 17.5. The van der Waals surface area contributed by atoms with Gasteiger partial charge in [0, 0.05) is 17.6 Å². The van der Waals surface area contributed by atoms with Crippen LogP contribution in [0, 0.1) is 11.3 Å². The van der Waals surface area contributed by atoms with Crippen molar-refractivity contribution in [3.05, 3.63) is 29.3 Å². The van der Waals surface area contributed by atoms with Crippen LogP contribution < -0.4 is 5.32 Å². The highest BCUT2D eigenvalue weighted by molar-refractivity contribution is 6.30. The van der Waals surface area contributed by atoms with Crippen LogP contribution in [0.15, 0.2) is 24.3 Å². The average molecular weight is 312 g/mol. The van der Waals surface area contributed by atoms with Gasteiger partial charge in [0.25, 0.3) is 0 Å². The van der Waals surface area contributed by atoms with Gasteiger partial charge >= 0.3 is 5.97 Å². The molecule has 0 radical (unpaired) electrons. The van der Waals surface area contributed by atoms with E-state index in [-0.39, 0.29) is 17.8 Å². The molecule has 1 aromatic carbocycles. The summed E-state index contributed by atoms with van der Waals surface area (Å²) in [4.78, 5) is 23.8. The number of esters is 1. The van der Waals surface area contributed by atoms with Crippen LogP contribution >= 0.6 is 11.6 Å². The number of hydrogen-bond donors (Lipinski definition) is 1. The number of benzene rings is 1. The zero-order chi connectivity index (χ0) is 16.2. The fourth-order valence-corrected chi connectivity index (χ4v) is 2.38. The molecule has 116 valence electrons. The molecule has 0 aromatic heterocycles. The summed E-state index contributed by atoms with van der Waals surface area (Å²) >= 11 is 5.82. The van der Waals surface area contributed by atoms with Crippen LogP contribution in [0.3, 0.4) is 0 Å².